The van der Waals surface area contributed by atoms with E-state index >= 15 is 0 Å². The smallest absolute Gasteiger partial charge is 0.267 e. The summed E-state index contributed by atoms with van der Waals surface area (Å²) in [7, 11) is 1.66. The molecule has 212 valence electrons. The van der Waals surface area contributed by atoms with Gasteiger partial charge in [0.15, 0.2) is 0 Å². The lowest BCUT2D eigenvalue weighted by molar-refractivity contribution is 0.0987. The Balaban J connectivity index is 1.33. The monoisotopic (exact) mass is 568 g/mol. The predicted molar refractivity (Wildman–Crippen MR) is 153 cm³/mol. The zero-order chi connectivity index (χ0) is 28.5. The fourth-order valence-corrected chi connectivity index (χ4v) is 4.61. The van der Waals surface area contributed by atoms with Crippen LogP contribution in [0.15, 0.2) is 42.7 Å². The van der Waals surface area contributed by atoms with Crippen LogP contribution in [0, 0.1) is 0 Å². The molecule has 1 aliphatic heterocycles. The van der Waals surface area contributed by atoms with Gasteiger partial charge in [-0.15, -0.1) is 0 Å². The van der Waals surface area contributed by atoms with E-state index in [1.807, 2.05) is 23.1 Å². The molecule has 0 spiro atoms. The molecular formula is C26H33ClN10O3. The van der Waals surface area contributed by atoms with Crippen molar-refractivity contribution >= 4 is 41.0 Å². The van der Waals surface area contributed by atoms with Gasteiger partial charge in [-0.3, -0.25) is 14.5 Å². The molecule has 0 saturated carbocycles. The number of aromatic nitrogens is 4. The number of carbonyl (C=O) groups is 2. The molecule has 4 rings (SSSR count). The van der Waals surface area contributed by atoms with Crippen LogP contribution in [0.3, 0.4) is 0 Å². The molecule has 5 N–H and O–H groups in total. The van der Waals surface area contributed by atoms with Gasteiger partial charge in [0.05, 0.1) is 12.8 Å². The van der Waals surface area contributed by atoms with E-state index in [9.17, 15) is 9.59 Å². The Morgan fingerprint density at radius 1 is 1.00 bits per heavy atom. The molecule has 1 aromatic carbocycles. The zero-order valence-corrected chi connectivity index (χ0v) is 23.0. The number of nitrogens with two attached hydrogens (primary N) is 2. The van der Waals surface area contributed by atoms with Gasteiger partial charge in [0.1, 0.15) is 17.1 Å². The normalized spacial score (nSPS) is 13.6. The quantitative estimate of drug-likeness (QED) is 0.271. The van der Waals surface area contributed by atoms with Crippen molar-refractivity contribution < 1.29 is 14.3 Å². The highest BCUT2D eigenvalue weighted by molar-refractivity contribution is 6.30. The zero-order valence-electron chi connectivity index (χ0n) is 22.3. The molecule has 3 aromatic rings. The maximum atomic E-state index is 11.7. The first-order chi connectivity index (χ1) is 19.3. The number of amides is 2. The minimum Gasteiger partial charge on any atom is -0.495 e. The molecule has 14 heteroatoms. The highest BCUT2D eigenvalue weighted by Gasteiger charge is 2.20. The van der Waals surface area contributed by atoms with Crippen LogP contribution in [0.1, 0.15) is 27.4 Å². The van der Waals surface area contributed by atoms with Gasteiger partial charge < -0.3 is 31.3 Å². The van der Waals surface area contributed by atoms with Crippen molar-refractivity contribution in [2.24, 2.45) is 11.5 Å². The third-order valence-electron chi connectivity index (χ3n) is 6.51. The van der Waals surface area contributed by atoms with Gasteiger partial charge in [-0.1, -0.05) is 11.6 Å². The number of hydrogen-bond donors (Lipinski definition) is 3. The molecule has 0 aliphatic carbocycles. The van der Waals surface area contributed by atoms with E-state index in [1.165, 1.54) is 24.5 Å². The predicted octanol–water partition coefficient (Wildman–Crippen LogP) is 1.26. The molecule has 2 aromatic heterocycles. The number of hydrogen-bond acceptors (Lipinski definition) is 11. The maximum Gasteiger partial charge on any atom is 0.267 e. The van der Waals surface area contributed by atoms with Crippen LogP contribution < -0.4 is 31.3 Å². The second-order valence-electron chi connectivity index (χ2n) is 9.15. The summed E-state index contributed by atoms with van der Waals surface area (Å²) in [5.74, 6) is 0.260. The maximum absolute atomic E-state index is 11.7. The summed E-state index contributed by atoms with van der Waals surface area (Å²) in [6.45, 7) is 5.98. The standard InChI is InChI=1S/C26H33ClN10O3/c1-40-22-4-3-18(27)17-21(22)36-15-13-35(14-16-36)10-2-11-37(26-32-8-6-20(34-26)24(29)39)12-9-31-25-30-7-5-19(33-25)23(28)38/h3-8,17H,2,9-16H2,1H3,(H2,28,38)(H2,29,39)(H,30,31,33). The van der Waals surface area contributed by atoms with Crippen LogP contribution >= 0.6 is 11.6 Å². The number of rotatable bonds is 13. The Morgan fingerprint density at radius 3 is 2.40 bits per heavy atom. The average Bonchev–Trinajstić information content (AvgIpc) is 2.97. The minimum absolute atomic E-state index is 0.126. The number of nitrogens with zero attached hydrogens (tertiary/aromatic N) is 7. The van der Waals surface area contributed by atoms with Crippen LogP contribution in [-0.4, -0.2) is 96.1 Å². The molecule has 2 amide bonds. The van der Waals surface area contributed by atoms with Crippen molar-refractivity contribution in [2.45, 2.75) is 6.42 Å². The van der Waals surface area contributed by atoms with E-state index in [0.717, 1.165) is 50.6 Å². The van der Waals surface area contributed by atoms with Gasteiger partial charge in [0.2, 0.25) is 11.9 Å². The topological polar surface area (TPSA) is 169 Å². The minimum atomic E-state index is -0.628. The summed E-state index contributed by atoms with van der Waals surface area (Å²) in [6.07, 6.45) is 3.83. The van der Waals surface area contributed by atoms with E-state index in [1.54, 1.807) is 7.11 Å². The molecule has 1 aliphatic rings. The Labute approximate surface area is 237 Å². The first kappa shape index (κ1) is 28.8. The Morgan fingerprint density at radius 2 is 1.70 bits per heavy atom. The molecule has 0 atom stereocenters. The molecule has 1 saturated heterocycles. The van der Waals surface area contributed by atoms with Crippen molar-refractivity contribution in [3.8, 4) is 5.75 Å². The van der Waals surface area contributed by atoms with Crippen LogP contribution in [-0.2, 0) is 0 Å². The second-order valence-corrected chi connectivity index (χ2v) is 9.58. The molecule has 0 radical (unpaired) electrons. The number of carbonyl (C=O) groups excluding carboxylic acids is 2. The summed E-state index contributed by atoms with van der Waals surface area (Å²) in [5.41, 5.74) is 12.0. The highest BCUT2D eigenvalue weighted by atomic mass is 35.5. The summed E-state index contributed by atoms with van der Waals surface area (Å²) in [6, 6.07) is 8.60. The third kappa shape index (κ3) is 7.67. The summed E-state index contributed by atoms with van der Waals surface area (Å²) in [4.78, 5) is 46.7. The van der Waals surface area contributed by atoms with Crippen molar-refractivity contribution in [2.75, 3.05) is 74.6 Å². The number of methoxy groups -OCH3 is 1. The number of nitrogens with one attached hydrogen (secondary N) is 1. The molecular weight excluding hydrogens is 536 g/mol. The molecule has 1 fully saturated rings. The van der Waals surface area contributed by atoms with E-state index in [-0.39, 0.29) is 17.3 Å². The van der Waals surface area contributed by atoms with Gasteiger partial charge in [-0.05, 0) is 43.3 Å². The Kier molecular flexibility index (Phi) is 9.86. The fourth-order valence-electron chi connectivity index (χ4n) is 4.44. The van der Waals surface area contributed by atoms with Gasteiger partial charge in [-0.25, -0.2) is 19.9 Å². The lowest BCUT2D eigenvalue weighted by Crippen LogP contribution is -2.47. The third-order valence-corrected chi connectivity index (χ3v) is 6.74. The summed E-state index contributed by atoms with van der Waals surface area (Å²) < 4.78 is 5.52. The van der Waals surface area contributed by atoms with Gasteiger partial charge in [0.25, 0.3) is 11.8 Å². The lowest BCUT2D eigenvalue weighted by atomic mass is 10.2. The van der Waals surface area contributed by atoms with Gasteiger partial charge >= 0.3 is 0 Å². The molecule has 0 unspecified atom stereocenters. The van der Waals surface area contributed by atoms with E-state index < -0.39 is 11.8 Å². The van der Waals surface area contributed by atoms with Crippen LogP contribution in [0.25, 0.3) is 0 Å². The van der Waals surface area contributed by atoms with E-state index in [4.69, 9.17) is 27.8 Å². The number of benzene rings is 1. The van der Waals surface area contributed by atoms with E-state index in [0.29, 0.717) is 30.6 Å². The fraction of sp³-hybridized carbons (Fsp3) is 0.385. The summed E-state index contributed by atoms with van der Waals surface area (Å²) in [5, 5.41) is 3.78. The average molecular weight is 569 g/mol. The number of piperazine rings is 1. The highest BCUT2D eigenvalue weighted by Crippen LogP contribution is 2.31. The van der Waals surface area contributed by atoms with Crippen molar-refractivity contribution in [3.63, 3.8) is 0 Å². The number of anilines is 3. The van der Waals surface area contributed by atoms with Gasteiger partial charge in [0, 0.05) is 63.2 Å². The van der Waals surface area contributed by atoms with Crippen molar-refractivity contribution in [1.29, 1.82) is 0 Å². The lowest BCUT2D eigenvalue weighted by Gasteiger charge is -2.37. The second kappa shape index (κ2) is 13.7. The molecule has 13 nitrogen and oxygen atoms in total. The van der Waals surface area contributed by atoms with Crippen LogP contribution in [0.4, 0.5) is 17.6 Å². The van der Waals surface area contributed by atoms with Crippen molar-refractivity contribution in [3.05, 3.63) is 59.1 Å². The largest absolute Gasteiger partial charge is 0.495 e. The van der Waals surface area contributed by atoms with Crippen molar-refractivity contribution in [1.82, 2.24) is 24.8 Å². The summed E-state index contributed by atoms with van der Waals surface area (Å²) >= 11 is 6.22. The molecule has 0 bridgehead atoms. The first-order valence-corrected chi connectivity index (χ1v) is 13.3. The number of halogens is 1. The number of ether oxygens (including phenoxy) is 1. The molecule has 40 heavy (non-hydrogen) atoms. The van der Waals surface area contributed by atoms with E-state index in [2.05, 4.69) is 35.1 Å². The number of primary amides is 2. The molecule has 3 heterocycles. The first-order valence-electron chi connectivity index (χ1n) is 12.9. The van der Waals surface area contributed by atoms with Crippen LogP contribution in [0.2, 0.25) is 5.02 Å². The SMILES string of the molecule is COc1ccc(Cl)cc1N1CCN(CCCN(CCNc2nccc(C(N)=O)n2)c2nccc(C(N)=O)n2)CC1. The van der Waals surface area contributed by atoms with Gasteiger partial charge in [-0.2, -0.15) is 0 Å². The Hall–Kier alpha value is -4.23. The Bertz CT molecular complexity index is 1320. The van der Waals surface area contributed by atoms with Crippen LogP contribution in [0.5, 0.6) is 5.75 Å².